The van der Waals surface area contributed by atoms with Crippen molar-refractivity contribution in [1.82, 2.24) is 4.90 Å². The van der Waals surface area contributed by atoms with E-state index in [4.69, 9.17) is 14.9 Å². The Balaban J connectivity index is 1.45. The number of para-hydroxylation sites is 1. The molecule has 2 aromatic carbocycles. The molecular formula is C23H22N2O3S. The Morgan fingerprint density at radius 2 is 1.93 bits per heavy atom. The van der Waals surface area contributed by atoms with Crippen molar-refractivity contribution in [2.45, 2.75) is 19.6 Å². The van der Waals surface area contributed by atoms with E-state index in [1.165, 1.54) is 16.9 Å². The first-order valence-electron chi connectivity index (χ1n) is 9.74. The van der Waals surface area contributed by atoms with E-state index in [0.717, 1.165) is 38.9 Å². The molecular weight excluding hydrogens is 384 g/mol. The Morgan fingerprint density at radius 3 is 2.72 bits per heavy atom. The van der Waals surface area contributed by atoms with Gasteiger partial charge in [0.2, 0.25) is 0 Å². The van der Waals surface area contributed by atoms with Gasteiger partial charge in [-0.2, -0.15) is 0 Å². The Labute approximate surface area is 172 Å². The highest BCUT2D eigenvalue weighted by Gasteiger charge is 2.29. The van der Waals surface area contributed by atoms with Gasteiger partial charge in [0.05, 0.1) is 24.1 Å². The minimum Gasteiger partial charge on any atom is -0.459 e. The Kier molecular flexibility index (Phi) is 4.62. The third-order valence-electron chi connectivity index (χ3n) is 5.64. The Hall–Kier alpha value is -2.67. The number of thiophene rings is 1. The number of nitrogens with zero attached hydrogens (tertiary/aromatic N) is 1. The summed E-state index contributed by atoms with van der Waals surface area (Å²) in [7, 11) is 0. The number of carbonyl (C=O) groups is 1. The number of furan rings is 1. The second-order valence-corrected chi connectivity index (χ2v) is 8.50. The Morgan fingerprint density at radius 1 is 1.17 bits per heavy atom. The number of hydrogen-bond acceptors (Lipinski definition) is 5. The van der Waals surface area contributed by atoms with Crippen molar-refractivity contribution in [3.63, 3.8) is 0 Å². The van der Waals surface area contributed by atoms with Gasteiger partial charge in [-0.25, -0.2) is 0 Å². The molecule has 5 nitrogen and oxygen atoms in total. The maximum absolute atomic E-state index is 12.1. The van der Waals surface area contributed by atoms with E-state index in [9.17, 15) is 4.79 Å². The highest BCUT2D eigenvalue weighted by Crippen LogP contribution is 2.38. The van der Waals surface area contributed by atoms with Crippen molar-refractivity contribution < 1.29 is 13.9 Å². The number of hydrogen-bond donors (Lipinski definition) is 1. The molecule has 0 spiro atoms. The summed E-state index contributed by atoms with van der Waals surface area (Å²) < 4.78 is 13.3. The zero-order chi connectivity index (χ0) is 20.0. The highest BCUT2D eigenvalue weighted by molar-refractivity contribution is 7.21. The van der Waals surface area contributed by atoms with Crippen molar-refractivity contribution in [1.29, 1.82) is 0 Å². The molecule has 1 saturated heterocycles. The van der Waals surface area contributed by atoms with Gasteiger partial charge in [-0.05, 0) is 30.0 Å². The van der Waals surface area contributed by atoms with Crippen molar-refractivity contribution in [3.05, 3.63) is 70.3 Å². The fraction of sp³-hybridized carbons (Fsp3) is 0.261. The third kappa shape index (κ3) is 3.23. The average molecular weight is 407 g/mol. The highest BCUT2D eigenvalue weighted by atomic mass is 32.1. The fourth-order valence-electron chi connectivity index (χ4n) is 4.17. The standard InChI is InChI=1S/C23H22N2O3S/c1-14-15-6-2-4-8-17(15)28-18(14)12-25-10-11-27-19(13-25)21-16-7-3-5-9-20(16)29-22(21)23(24)26/h2-9,19H,10-13H2,1H3,(H2,24,26). The molecule has 1 aliphatic heterocycles. The number of nitrogens with two attached hydrogens (primary N) is 1. The van der Waals surface area contributed by atoms with Crippen LogP contribution in [0.3, 0.4) is 0 Å². The lowest BCUT2D eigenvalue weighted by Gasteiger charge is -2.33. The van der Waals surface area contributed by atoms with E-state index in [-0.39, 0.29) is 6.10 Å². The minimum absolute atomic E-state index is 0.188. The van der Waals surface area contributed by atoms with Gasteiger partial charge in [-0.3, -0.25) is 9.69 Å². The lowest BCUT2D eigenvalue weighted by Crippen LogP contribution is -2.38. The molecule has 0 saturated carbocycles. The van der Waals surface area contributed by atoms with Crippen molar-refractivity contribution in [3.8, 4) is 0 Å². The molecule has 29 heavy (non-hydrogen) atoms. The lowest BCUT2D eigenvalue weighted by atomic mass is 10.0. The molecule has 0 bridgehead atoms. The summed E-state index contributed by atoms with van der Waals surface area (Å²) >= 11 is 1.44. The first-order valence-corrected chi connectivity index (χ1v) is 10.6. The molecule has 0 radical (unpaired) electrons. The number of benzene rings is 2. The molecule has 1 aliphatic rings. The van der Waals surface area contributed by atoms with Crippen molar-refractivity contribution in [2.75, 3.05) is 19.7 Å². The zero-order valence-electron chi connectivity index (χ0n) is 16.2. The number of carbonyl (C=O) groups excluding carboxylic acids is 1. The van der Waals surface area contributed by atoms with Crippen LogP contribution in [-0.4, -0.2) is 30.5 Å². The van der Waals surface area contributed by atoms with Crippen LogP contribution in [0.4, 0.5) is 0 Å². The van der Waals surface area contributed by atoms with Crippen molar-refractivity contribution in [2.24, 2.45) is 5.73 Å². The quantitative estimate of drug-likeness (QED) is 0.537. The lowest BCUT2D eigenvalue weighted by molar-refractivity contribution is -0.0340. The van der Waals surface area contributed by atoms with Crippen LogP contribution < -0.4 is 5.73 Å². The predicted molar refractivity (Wildman–Crippen MR) is 115 cm³/mol. The van der Waals surface area contributed by atoms with Crippen LogP contribution in [0.5, 0.6) is 0 Å². The molecule has 1 unspecified atom stereocenters. The fourth-order valence-corrected chi connectivity index (χ4v) is 5.27. The van der Waals surface area contributed by atoms with E-state index >= 15 is 0 Å². The number of primary amides is 1. The number of ether oxygens (including phenoxy) is 1. The van der Waals surface area contributed by atoms with Gasteiger partial charge in [0.25, 0.3) is 5.91 Å². The van der Waals surface area contributed by atoms with E-state index in [1.807, 2.05) is 42.5 Å². The van der Waals surface area contributed by atoms with Crippen LogP contribution >= 0.6 is 11.3 Å². The zero-order valence-corrected chi connectivity index (χ0v) is 17.0. The van der Waals surface area contributed by atoms with Crippen LogP contribution in [0.15, 0.2) is 52.9 Å². The first kappa shape index (κ1) is 18.4. The molecule has 1 amide bonds. The summed E-state index contributed by atoms with van der Waals surface area (Å²) in [5.74, 6) is 0.590. The van der Waals surface area contributed by atoms with Gasteiger partial charge < -0.3 is 14.9 Å². The summed E-state index contributed by atoms with van der Waals surface area (Å²) in [6.45, 7) is 4.94. The molecule has 5 rings (SSSR count). The topological polar surface area (TPSA) is 68.7 Å². The van der Waals surface area contributed by atoms with Crippen LogP contribution in [-0.2, 0) is 11.3 Å². The van der Waals surface area contributed by atoms with Gasteiger partial charge in [0.15, 0.2) is 0 Å². The van der Waals surface area contributed by atoms with Gasteiger partial charge >= 0.3 is 0 Å². The van der Waals surface area contributed by atoms with E-state index in [2.05, 4.69) is 17.9 Å². The van der Waals surface area contributed by atoms with Gasteiger partial charge in [0, 0.05) is 28.7 Å². The monoisotopic (exact) mass is 406 g/mol. The molecule has 2 aromatic heterocycles. The minimum atomic E-state index is -0.393. The summed E-state index contributed by atoms with van der Waals surface area (Å²) in [6.07, 6.45) is -0.188. The molecule has 3 heterocycles. The largest absolute Gasteiger partial charge is 0.459 e. The number of fused-ring (bicyclic) bond motifs is 2. The second-order valence-electron chi connectivity index (χ2n) is 7.45. The summed E-state index contributed by atoms with van der Waals surface area (Å²) in [5.41, 5.74) is 8.72. The molecule has 6 heteroatoms. The summed E-state index contributed by atoms with van der Waals surface area (Å²) in [5, 5.41) is 2.21. The maximum atomic E-state index is 12.1. The SMILES string of the molecule is Cc1c(CN2CCOC(c3c(C(N)=O)sc4ccccc34)C2)oc2ccccc12. The van der Waals surface area contributed by atoms with Crippen LogP contribution in [0.1, 0.15) is 32.7 Å². The molecule has 0 aliphatic carbocycles. The first-order chi connectivity index (χ1) is 14.1. The summed E-state index contributed by atoms with van der Waals surface area (Å²) in [4.78, 5) is 15.0. The van der Waals surface area contributed by atoms with Crippen LogP contribution in [0, 0.1) is 6.92 Å². The van der Waals surface area contributed by atoms with Crippen molar-refractivity contribution >= 4 is 38.3 Å². The van der Waals surface area contributed by atoms with Crippen LogP contribution in [0.2, 0.25) is 0 Å². The normalized spacial score (nSPS) is 17.9. The second kappa shape index (κ2) is 7.30. The number of aryl methyl sites for hydroxylation is 1. The third-order valence-corrected chi connectivity index (χ3v) is 6.84. The van der Waals surface area contributed by atoms with E-state index in [0.29, 0.717) is 24.6 Å². The summed E-state index contributed by atoms with van der Waals surface area (Å²) in [6, 6.07) is 16.2. The van der Waals surface area contributed by atoms with Gasteiger partial charge in [0.1, 0.15) is 11.3 Å². The smallest absolute Gasteiger partial charge is 0.259 e. The van der Waals surface area contributed by atoms with Gasteiger partial charge in [-0.15, -0.1) is 11.3 Å². The Bertz CT molecular complexity index is 1210. The molecule has 4 aromatic rings. The van der Waals surface area contributed by atoms with Gasteiger partial charge in [-0.1, -0.05) is 36.4 Å². The molecule has 1 fully saturated rings. The number of rotatable bonds is 4. The molecule has 1 atom stereocenters. The molecule has 2 N–H and O–H groups in total. The number of morpholine rings is 1. The van der Waals surface area contributed by atoms with E-state index in [1.54, 1.807) is 0 Å². The predicted octanol–water partition coefficient (Wildman–Crippen LogP) is 4.63. The van der Waals surface area contributed by atoms with E-state index < -0.39 is 5.91 Å². The molecule has 148 valence electrons. The maximum Gasteiger partial charge on any atom is 0.259 e. The van der Waals surface area contributed by atoms with Crippen LogP contribution in [0.25, 0.3) is 21.1 Å². The average Bonchev–Trinajstić information content (AvgIpc) is 3.27. The number of amides is 1.